The zero-order valence-corrected chi connectivity index (χ0v) is 20.9. The van der Waals surface area contributed by atoms with E-state index in [0.29, 0.717) is 11.4 Å². The number of hydrogen-bond donors (Lipinski definition) is 7. The van der Waals surface area contributed by atoms with E-state index < -0.39 is 53.8 Å². The fourth-order valence-corrected chi connectivity index (χ4v) is 3.63. The lowest BCUT2D eigenvalue weighted by Gasteiger charge is -2.26. The van der Waals surface area contributed by atoms with Gasteiger partial charge >= 0.3 is 5.97 Å². The fraction of sp³-hybridized carbons (Fsp3) is 0.619. The van der Waals surface area contributed by atoms with E-state index in [9.17, 15) is 29.1 Å². The Morgan fingerprint density at radius 3 is 2.17 bits per heavy atom. The van der Waals surface area contributed by atoms with Crippen LogP contribution in [0.1, 0.15) is 38.8 Å². The maximum Gasteiger partial charge on any atom is 0.326 e. The minimum absolute atomic E-state index is 0.00911. The van der Waals surface area contributed by atoms with E-state index >= 15 is 0 Å². The van der Waals surface area contributed by atoms with Crippen LogP contribution in [-0.4, -0.2) is 80.8 Å². The van der Waals surface area contributed by atoms with Crippen LogP contribution in [0.2, 0.25) is 0 Å². The molecule has 0 radical (unpaired) electrons. The molecule has 0 saturated heterocycles. The Morgan fingerprint density at radius 2 is 1.66 bits per heavy atom. The van der Waals surface area contributed by atoms with Crippen LogP contribution in [0.15, 0.2) is 12.5 Å². The molecule has 0 aliphatic carbocycles. The molecule has 0 spiro atoms. The summed E-state index contributed by atoms with van der Waals surface area (Å²) in [5, 5.41) is 17.1. The first kappa shape index (κ1) is 29.9. The molecule has 196 valence electrons. The quantitative estimate of drug-likeness (QED) is 0.136. The molecule has 14 heteroatoms. The number of thioether (sulfide) groups is 1. The first-order valence-electron chi connectivity index (χ1n) is 11.1. The number of aromatic amines is 1. The van der Waals surface area contributed by atoms with E-state index in [4.69, 9.17) is 11.5 Å². The summed E-state index contributed by atoms with van der Waals surface area (Å²) < 4.78 is 0. The Hall–Kier alpha value is -3.13. The normalized spacial score (nSPS) is 14.4. The number of nitrogens with one attached hydrogen (secondary N) is 4. The van der Waals surface area contributed by atoms with E-state index in [0.717, 1.165) is 0 Å². The van der Waals surface area contributed by atoms with Crippen LogP contribution in [0.25, 0.3) is 0 Å². The summed E-state index contributed by atoms with van der Waals surface area (Å²) in [6.07, 6.45) is 4.76. The first-order valence-corrected chi connectivity index (χ1v) is 12.5. The van der Waals surface area contributed by atoms with Gasteiger partial charge in [-0.1, -0.05) is 13.8 Å². The molecule has 0 fully saturated rings. The molecule has 4 amide bonds. The van der Waals surface area contributed by atoms with Crippen LogP contribution in [0, 0.1) is 5.92 Å². The molecule has 1 heterocycles. The number of nitrogens with zero attached hydrogens (tertiary/aromatic N) is 1. The van der Waals surface area contributed by atoms with Gasteiger partial charge in [0.2, 0.25) is 23.6 Å². The number of hydrogen-bond acceptors (Lipinski definition) is 8. The molecule has 13 nitrogen and oxygen atoms in total. The molecular formula is C21H35N7O6S. The van der Waals surface area contributed by atoms with Gasteiger partial charge in [0.05, 0.1) is 18.8 Å². The number of amides is 4. The van der Waals surface area contributed by atoms with E-state index in [1.54, 1.807) is 0 Å². The van der Waals surface area contributed by atoms with Crippen molar-refractivity contribution < 1.29 is 29.1 Å². The summed E-state index contributed by atoms with van der Waals surface area (Å²) in [6.45, 7) is 3.70. The number of carbonyl (C=O) groups excluding carboxylic acids is 4. The SMILES string of the molecule is CSCCC(NC(=O)C(N)CC(N)=O)C(=O)NC(CC(C)C)C(=O)NC(Cc1cnc[nH]1)C(=O)O. The Morgan fingerprint density at radius 1 is 1.06 bits per heavy atom. The summed E-state index contributed by atoms with van der Waals surface area (Å²) in [7, 11) is 0. The largest absolute Gasteiger partial charge is 0.480 e. The second kappa shape index (κ2) is 15.0. The summed E-state index contributed by atoms with van der Waals surface area (Å²) in [6, 6.07) is -4.52. The zero-order chi connectivity index (χ0) is 26.5. The predicted molar refractivity (Wildman–Crippen MR) is 130 cm³/mol. The minimum atomic E-state index is -1.24. The van der Waals surface area contributed by atoms with Gasteiger partial charge < -0.3 is 37.5 Å². The molecule has 35 heavy (non-hydrogen) atoms. The van der Waals surface area contributed by atoms with Crippen LogP contribution in [0.3, 0.4) is 0 Å². The number of nitrogens with two attached hydrogens (primary N) is 2. The van der Waals surface area contributed by atoms with Gasteiger partial charge in [0.15, 0.2) is 0 Å². The van der Waals surface area contributed by atoms with E-state index in [1.165, 1.54) is 24.3 Å². The third kappa shape index (κ3) is 11.2. The average molecular weight is 514 g/mol. The van der Waals surface area contributed by atoms with Crippen LogP contribution in [-0.2, 0) is 30.4 Å². The number of rotatable bonds is 16. The smallest absolute Gasteiger partial charge is 0.326 e. The van der Waals surface area contributed by atoms with Crippen molar-refractivity contribution in [3.05, 3.63) is 18.2 Å². The monoisotopic (exact) mass is 513 g/mol. The number of aromatic nitrogens is 2. The van der Waals surface area contributed by atoms with Crippen LogP contribution >= 0.6 is 11.8 Å². The number of aliphatic carboxylic acids is 1. The topological polar surface area (TPSA) is 222 Å². The van der Waals surface area contributed by atoms with Crippen LogP contribution in [0.5, 0.6) is 0 Å². The second-order valence-corrected chi connectivity index (χ2v) is 9.48. The summed E-state index contributed by atoms with van der Waals surface area (Å²) >= 11 is 1.45. The summed E-state index contributed by atoms with van der Waals surface area (Å²) in [5.41, 5.74) is 11.3. The van der Waals surface area contributed by atoms with E-state index in [1.807, 2.05) is 20.1 Å². The van der Waals surface area contributed by atoms with Gasteiger partial charge in [-0.3, -0.25) is 19.2 Å². The molecule has 9 N–H and O–H groups in total. The molecule has 1 aromatic heterocycles. The van der Waals surface area contributed by atoms with Gasteiger partial charge in [-0.05, 0) is 30.8 Å². The summed E-state index contributed by atoms with van der Waals surface area (Å²) in [5.74, 6) is -3.49. The lowest BCUT2D eigenvalue weighted by Crippen LogP contribution is -2.57. The third-order valence-electron chi connectivity index (χ3n) is 4.94. The van der Waals surface area contributed by atoms with Crippen molar-refractivity contribution in [1.82, 2.24) is 25.9 Å². The standard InChI is InChI=1S/C21H35N7O6S/c1-11(2)6-15(20(32)28-16(21(33)34)7-12-9-24-10-25-12)27-19(31)14(4-5-35-3)26-18(30)13(22)8-17(23)29/h9-11,13-16H,4-8,22H2,1-3H3,(H2,23,29)(H,24,25)(H,26,30)(H,27,31)(H,28,32)(H,33,34). The van der Waals surface area contributed by atoms with Gasteiger partial charge in [-0.2, -0.15) is 11.8 Å². The molecule has 0 saturated carbocycles. The van der Waals surface area contributed by atoms with Crippen molar-refractivity contribution in [1.29, 1.82) is 0 Å². The Bertz CT molecular complexity index is 864. The second-order valence-electron chi connectivity index (χ2n) is 8.49. The molecule has 1 aromatic rings. The third-order valence-corrected chi connectivity index (χ3v) is 5.58. The number of carboxylic acids is 1. The van der Waals surface area contributed by atoms with Gasteiger partial charge in [-0.25, -0.2) is 9.78 Å². The molecule has 0 aliphatic heterocycles. The number of carboxylic acid groups (broad SMARTS) is 1. The van der Waals surface area contributed by atoms with Crippen LogP contribution < -0.4 is 27.4 Å². The number of carbonyl (C=O) groups is 5. The molecule has 4 unspecified atom stereocenters. The van der Waals surface area contributed by atoms with E-state index in [-0.39, 0.29) is 31.6 Å². The first-order chi connectivity index (χ1) is 16.4. The molecular weight excluding hydrogens is 478 g/mol. The average Bonchev–Trinajstić information content (AvgIpc) is 3.27. The highest BCUT2D eigenvalue weighted by Crippen LogP contribution is 2.09. The molecule has 0 bridgehead atoms. The number of imidazole rings is 1. The molecule has 0 aliphatic rings. The number of primary amides is 1. The molecule has 1 rings (SSSR count). The van der Waals surface area contributed by atoms with Gasteiger partial charge in [0.25, 0.3) is 0 Å². The van der Waals surface area contributed by atoms with Crippen LogP contribution in [0.4, 0.5) is 0 Å². The Kier molecular flexibility index (Phi) is 12.8. The Labute approximate surface area is 207 Å². The predicted octanol–water partition coefficient (Wildman–Crippen LogP) is -1.51. The minimum Gasteiger partial charge on any atom is -0.480 e. The van der Waals surface area contributed by atoms with Crippen molar-refractivity contribution in [2.75, 3.05) is 12.0 Å². The number of H-pyrrole nitrogens is 1. The van der Waals surface area contributed by atoms with E-state index in [2.05, 4.69) is 25.9 Å². The lowest BCUT2D eigenvalue weighted by molar-refractivity contribution is -0.142. The summed E-state index contributed by atoms with van der Waals surface area (Å²) in [4.78, 5) is 67.7. The van der Waals surface area contributed by atoms with Gasteiger partial charge in [0.1, 0.15) is 18.1 Å². The van der Waals surface area contributed by atoms with Crippen molar-refractivity contribution in [2.45, 2.75) is 63.7 Å². The van der Waals surface area contributed by atoms with Crippen molar-refractivity contribution in [3.8, 4) is 0 Å². The van der Waals surface area contributed by atoms with Crippen molar-refractivity contribution >= 4 is 41.4 Å². The lowest BCUT2D eigenvalue weighted by atomic mass is 10.0. The molecule has 4 atom stereocenters. The van der Waals surface area contributed by atoms with Gasteiger partial charge in [-0.15, -0.1) is 0 Å². The maximum absolute atomic E-state index is 13.0. The highest BCUT2D eigenvalue weighted by atomic mass is 32.2. The van der Waals surface area contributed by atoms with Crippen molar-refractivity contribution in [3.63, 3.8) is 0 Å². The Balaban J connectivity index is 2.96. The van der Waals surface area contributed by atoms with Crippen molar-refractivity contribution in [2.24, 2.45) is 17.4 Å². The fourth-order valence-electron chi connectivity index (χ4n) is 3.16. The molecule has 0 aromatic carbocycles. The van der Waals surface area contributed by atoms with Gasteiger partial charge in [0, 0.05) is 18.3 Å². The highest BCUT2D eigenvalue weighted by Gasteiger charge is 2.31. The highest BCUT2D eigenvalue weighted by molar-refractivity contribution is 7.98. The maximum atomic E-state index is 13.0. The zero-order valence-electron chi connectivity index (χ0n) is 20.1.